The Morgan fingerprint density at radius 1 is 1.14 bits per heavy atom. The maximum absolute atomic E-state index is 13.0. The Balaban J connectivity index is 2.44. The number of hydrogen-bond acceptors (Lipinski definition) is 4. The molecule has 4 nitrogen and oxygen atoms in total. The highest BCUT2D eigenvalue weighted by Crippen LogP contribution is 2.32. The van der Waals surface area contributed by atoms with Crippen LogP contribution in [-0.4, -0.2) is 43.4 Å². The van der Waals surface area contributed by atoms with Gasteiger partial charge in [0.05, 0.1) is 4.90 Å². The van der Waals surface area contributed by atoms with E-state index >= 15 is 0 Å². The first-order chi connectivity index (χ1) is 9.75. The van der Waals surface area contributed by atoms with Crippen LogP contribution in [0.3, 0.4) is 0 Å². The summed E-state index contributed by atoms with van der Waals surface area (Å²) in [7, 11) is -1.58. The second kappa shape index (κ2) is 6.18. The number of benzene rings is 1. The molecule has 1 saturated heterocycles. The largest absolute Gasteiger partial charge is 0.388 e. The van der Waals surface area contributed by atoms with Crippen molar-refractivity contribution in [3.05, 3.63) is 23.3 Å². The summed E-state index contributed by atoms with van der Waals surface area (Å²) in [5.41, 5.74) is 2.55. The highest BCUT2D eigenvalue weighted by Gasteiger charge is 2.33. The SMILES string of the molecule is CNc1cc(C)c(S(=O)(=O)N2CC(C)SC(C)C2)c(C)c1. The quantitative estimate of drug-likeness (QED) is 0.927. The first-order valence-corrected chi connectivity index (χ1v) is 9.58. The number of aryl methyl sites for hydroxylation is 2. The minimum absolute atomic E-state index is 0.334. The van der Waals surface area contributed by atoms with Gasteiger partial charge in [-0.15, -0.1) is 0 Å². The molecule has 0 spiro atoms. The Kier molecular flexibility index (Phi) is 4.90. The number of rotatable bonds is 3. The van der Waals surface area contributed by atoms with Crippen LogP contribution in [0.4, 0.5) is 5.69 Å². The van der Waals surface area contributed by atoms with Crippen molar-refractivity contribution in [2.24, 2.45) is 0 Å². The van der Waals surface area contributed by atoms with Crippen molar-refractivity contribution in [2.45, 2.75) is 43.1 Å². The highest BCUT2D eigenvalue weighted by atomic mass is 32.2. The predicted octanol–water partition coefficient (Wildman–Crippen LogP) is 2.86. The molecule has 1 fully saturated rings. The molecule has 0 bridgehead atoms. The van der Waals surface area contributed by atoms with Crippen LogP contribution in [0.2, 0.25) is 0 Å². The molecule has 1 aromatic carbocycles. The third-order valence-electron chi connectivity index (χ3n) is 3.73. The van der Waals surface area contributed by atoms with Crippen LogP contribution in [0.15, 0.2) is 17.0 Å². The number of anilines is 1. The molecular weight excluding hydrogens is 304 g/mol. The molecule has 6 heteroatoms. The zero-order valence-corrected chi connectivity index (χ0v) is 14.9. The highest BCUT2D eigenvalue weighted by molar-refractivity contribution is 8.00. The van der Waals surface area contributed by atoms with E-state index < -0.39 is 10.0 Å². The normalized spacial score (nSPS) is 24.0. The molecule has 1 N–H and O–H groups in total. The smallest absolute Gasteiger partial charge is 0.243 e. The molecule has 118 valence electrons. The summed E-state index contributed by atoms with van der Waals surface area (Å²) in [4.78, 5) is 0.466. The lowest BCUT2D eigenvalue weighted by atomic mass is 10.1. The summed E-state index contributed by atoms with van der Waals surface area (Å²) in [6.07, 6.45) is 0. The summed E-state index contributed by atoms with van der Waals surface area (Å²) >= 11 is 1.85. The molecule has 1 heterocycles. The monoisotopic (exact) mass is 328 g/mol. The fourth-order valence-corrected chi connectivity index (χ4v) is 6.50. The third kappa shape index (κ3) is 3.38. The van der Waals surface area contributed by atoms with Crippen LogP contribution < -0.4 is 5.32 Å². The van der Waals surface area contributed by atoms with Gasteiger partial charge in [0.2, 0.25) is 10.0 Å². The van der Waals surface area contributed by atoms with Crippen LogP contribution in [-0.2, 0) is 10.0 Å². The number of sulfonamides is 1. The van der Waals surface area contributed by atoms with E-state index in [1.165, 1.54) is 0 Å². The van der Waals surface area contributed by atoms with Gasteiger partial charge in [-0.05, 0) is 37.1 Å². The summed E-state index contributed by atoms with van der Waals surface area (Å²) in [6.45, 7) is 9.09. The molecule has 0 saturated carbocycles. The second-order valence-electron chi connectivity index (χ2n) is 5.77. The molecule has 21 heavy (non-hydrogen) atoms. The molecule has 1 aliphatic rings. The van der Waals surface area contributed by atoms with E-state index in [1.807, 2.05) is 44.8 Å². The lowest BCUT2D eigenvalue weighted by Crippen LogP contribution is -2.44. The predicted molar refractivity (Wildman–Crippen MR) is 90.7 cm³/mol. The van der Waals surface area contributed by atoms with Crippen molar-refractivity contribution in [1.29, 1.82) is 0 Å². The summed E-state index contributed by atoms with van der Waals surface area (Å²) in [5.74, 6) is 0. The van der Waals surface area contributed by atoms with Gasteiger partial charge in [0.1, 0.15) is 0 Å². The van der Waals surface area contributed by atoms with Gasteiger partial charge in [-0.2, -0.15) is 16.1 Å². The van der Waals surface area contributed by atoms with Gasteiger partial charge in [0, 0.05) is 36.3 Å². The Morgan fingerprint density at radius 3 is 2.05 bits per heavy atom. The Morgan fingerprint density at radius 2 is 1.62 bits per heavy atom. The minimum atomic E-state index is -3.42. The standard InChI is InChI=1S/C15H24N2O2S2/c1-10-6-14(16-5)7-11(2)15(10)21(18,19)17-8-12(3)20-13(4)9-17/h6-7,12-13,16H,8-9H2,1-5H3. The van der Waals surface area contributed by atoms with E-state index in [0.29, 0.717) is 28.5 Å². The van der Waals surface area contributed by atoms with E-state index in [4.69, 9.17) is 0 Å². The van der Waals surface area contributed by atoms with Crippen LogP contribution in [0, 0.1) is 13.8 Å². The van der Waals surface area contributed by atoms with E-state index in [0.717, 1.165) is 16.8 Å². The van der Waals surface area contributed by atoms with Crippen molar-refractivity contribution in [2.75, 3.05) is 25.5 Å². The van der Waals surface area contributed by atoms with Crippen LogP contribution in [0.1, 0.15) is 25.0 Å². The number of hydrogen-bond donors (Lipinski definition) is 1. The zero-order valence-electron chi connectivity index (χ0n) is 13.3. The average Bonchev–Trinajstić information content (AvgIpc) is 2.36. The lowest BCUT2D eigenvalue weighted by Gasteiger charge is -2.34. The van der Waals surface area contributed by atoms with E-state index in [-0.39, 0.29) is 0 Å². The second-order valence-corrected chi connectivity index (χ2v) is 9.52. The Labute approximate surface area is 132 Å². The Hall–Kier alpha value is -0.720. The molecule has 0 amide bonds. The van der Waals surface area contributed by atoms with Gasteiger partial charge in [0.25, 0.3) is 0 Å². The molecule has 1 aliphatic heterocycles. The number of thioether (sulfide) groups is 1. The molecule has 2 unspecified atom stereocenters. The fraction of sp³-hybridized carbons (Fsp3) is 0.600. The van der Waals surface area contributed by atoms with Gasteiger partial charge in [-0.3, -0.25) is 0 Å². The molecule has 2 atom stereocenters. The summed E-state index contributed by atoms with van der Waals surface area (Å²) in [5, 5.41) is 3.74. The van der Waals surface area contributed by atoms with Crippen molar-refractivity contribution in [3.8, 4) is 0 Å². The minimum Gasteiger partial charge on any atom is -0.388 e. The van der Waals surface area contributed by atoms with E-state index in [1.54, 1.807) is 4.31 Å². The van der Waals surface area contributed by atoms with Gasteiger partial charge in [-0.25, -0.2) is 8.42 Å². The summed E-state index contributed by atoms with van der Waals surface area (Å²) in [6, 6.07) is 3.79. The van der Waals surface area contributed by atoms with Crippen LogP contribution in [0.5, 0.6) is 0 Å². The Bertz CT molecular complexity index is 596. The third-order valence-corrected chi connectivity index (χ3v) is 7.10. The van der Waals surface area contributed by atoms with Gasteiger partial charge in [0.15, 0.2) is 0 Å². The number of nitrogens with one attached hydrogen (secondary N) is 1. The van der Waals surface area contributed by atoms with Gasteiger partial charge >= 0.3 is 0 Å². The first-order valence-electron chi connectivity index (χ1n) is 7.20. The van der Waals surface area contributed by atoms with E-state index in [9.17, 15) is 8.42 Å². The van der Waals surface area contributed by atoms with E-state index in [2.05, 4.69) is 19.2 Å². The van der Waals surface area contributed by atoms with Crippen LogP contribution >= 0.6 is 11.8 Å². The maximum atomic E-state index is 13.0. The zero-order chi connectivity index (χ0) is 15.8. The van der Waals surface area contributed by atoms with Crippen molar-refractivity contribution >= 4 is 27.5 Å². The molecule has 2 rings (SSSR count). The average molecular weight is 329 g/mol. The molecule has 0 radical (unpaired) electrons. The topological polar surface area (TPSA) is 49.4 Å². The molecular formula is C15H24N2O2S2. The van der Waals surface area contributed by atoms with Crippen molar-refractivity contribution < 1.29 is 8.42 Å². The first kappa shape index (κ1) is 16.6. The maximum Gasteiger partial charge on any atom is 0.243 e. The number of nitrogens with zero attached hydrogens (tertiary/aromatic N) is 1. The fourth-order valence-electron chi connectivity index (χ4n) is 2.96. The lowest BCUT2D eigenvalue weighted by molar-refractivity contribution is 0.404. The van der Waals surface area contributed by atoms with Crippen molar-refractivity contribution in [3.63, 3.8) is 0 Å². The van der Waals surface area contributed by atoms with Gasteiger partial charge < -0.3 is 5.32 Å². The van der Waals surface area contributed by atoms with Crippen LogP contribution in [0.25, 0.3) is 0 Å². The van der Waals surface area contributed by atoms with Gasteiger partial charge in [-0.1, -0.05) is 13.8 Å². The molecule has 0 aliphatic carbocycles. The molecule has 1 aromatic rings. The summed E-state index contributed by atoms with van der Waals surface area (Å²) < 4.78 is 27.7. The molecule has 0 aromatic heterocycles. The van der Waals surface area contributed by atoms with Crippen molar-refractivity contribution in [1.82, 2.24) is 4.31 Å².